The van der Waals surface area contributed by atoms with Crippen LogP contribution < -0.4 is 10.6 Å². The smallest absolute Gasteiger partial charge is 0.325 e. The first-order valence-electron chi connectivity index (χ1n) is 10.0. The summed E-state index contributed by atoms with van der Waals surface area (Å²) in [6.07, 6.45) is 3.12. The average Bonchev–Trinajstić information content (AvgIpc) is 3.21. The molecule has 3 aliphatic rings. The zero-order chi connectivity index (χ0) is 19.9. The van der Waals surface area contributed by atoms with E-state index < -0.39 is 11.6 Å². The lowest BCUT2D eigenvalue weighted by Gasteiger charge is -2.39. The van der Waals surface area contributed by atoms with Gasteiger partial charge in [0.05, 0.1) is 0 Å². The van der Waals surface area contributed by atoms with E-state index in [0.717, 1.165) is 48.4 Å². The van der Waals surface area contributed by atoms with Crippen LogP contribution in [0.2, 0.25) is 0 Å². The Hall–Kier alpha value is -2.12. The highest BCUT2D eigenvalue weighted by Gasteiger charge is 2.50. The van der Waals surface area contributed by atoms with Crippen molar-refractivity contribution in [2.75, 3.05) is 32.7 Å². The van der Waals surface area contributed by atoms with Gasteiger partial charge in [0.1, 0.15) is 12.1 Å². The van der Waals surface area contributed by atoms with E-state index in [-0.39, 0.29) is 30.8 Å². The molecule has 3 heterocycles. The molecule has 1 aromatic rings. The van der Waals surface area contributed by atoms with E-state index in [1.807, 2.05) is 31.2 Å². The largest absolute Gasteiger partial charge is 0.341 e. The van der Waals surface area contributed by atoms with Crippen molar-refractivity contribution in [1.82, 2.24) is 20.4 Å². The highest BCUT2D eigenvalue weighted by molar-refractivity contribution is 6.09. The number of urea groups is 1. The molecule has 1 spiro atoms. The van der Waals surface area contributed by atoms with Gasteiger partial charge in [0.2, 0.25) is 5.91 Å². The lowest BCUT2D eigenvalue weighted by Crippen LogP contribution is -2.49. The quantitative estimate of drug-likeness (QED) is 0.730. The number of carbonyl (C=O) groups excluding carboxylic acids is 3. The molecule has 3 fully saturated rings. The number of halogens is 1. The molecule has 2 N–H and O–H groups in total. The Balaban J connectivity index is 0.00000240. The molecule has 1 unspecified atom stereocenters. The second kappa shape index (κ2) is 7.95. The Labute approximate surface area is 177 Å². The molecule has 3 saturated heterocycles. The van der Waals surface area contributed by atoms with Crippen LogP contribution in [0.1, 0.15) is 37.3 Å². The Bertz CT molecular complexity index is 797. The summed E-state index contributed by atoms with van der Waals surface area (Å²) in [7, 11) is 0. The van der Waals surface area contributed by atoms with Crippen LogP contribution in [0.3, 0.4) is 0 Å². The van der Waals surface area contributed by atoms with Crippen molar-refractivity contribution in [3.05, 3.63) is 35.4 Å². The van der Waals surface area contributed by atoms with E-state index in [1.54, 1.807) is 11.8 Å². The maximum Gasteiger partial charge on any atom is 0.325 e. The first kappa shape index (κ1) is 21.6. The molecule has 7 nitrogen and oxygen atoms in total. The third kappa shape index (κ3) is 3.85. The lowest BCUT2D eigenvalue weighted by molar-refractivity contribution is -0.140. The van der Waals surface area contributed by atoms with Crippen LogP contribution in [0, 0.1) is 12.3 Å². The minimum Gasteiger partial charge on any atom is -0.341 e. The van der Waals surface area contributed by atoms with Crippen molar-refractivity contribution in [2.45, 2.75) is 38.6 Å². The number of benzene rings is 1. The molecular formula is C21H29ClN4O3. The minimum absolute atomic E-state index is 0. The predicted octanol–water partition coefficient (Wildman–Crippen LogP) is 1.79. The van der Waals surface area contributed by atoms with Crippen molar-refractivity contribution in [3.8, 4) is 0 Å². The number of imide groups is 1. The second-order valence-electron chi connectivity index (χ2n) is 8.62. The highest BCUT2D eigenvalue weighted by Crippen LogP contribution is 2.37. The van der Waals surface area contributed by atoms with Crippen LogP contribution in [0.4, 0.5) is 4.79 Å². The molecule has 4 rings (SSSR count). The van der Waals surface area contributed by atoms with E-state index in [2.05, 4.69) is 10.6 Å². The first-order valence-corrected chi connectivity index (χ1v) is 10.0. The SMILES string of the molecule is Cc1ccc(C2(C)NC(=O)N(CC(=O)N3CCC4(CCNC4)CC3)C2=O)cc1.Cl. The van der Waals surface area contributed by atoms with E-state index in [9.17, 15) is 14.4 Å². The topological polar surface area (TPSA) is 81.8 Å². The fourth-order valence-corrected chi connectivity index (χ4v) is 4.61. The van der Waals surface area contributed by atoms with E-state index in [0.29, 0.717) is 18.5 Å². The molecule has 0 aromatic heterocycles. The Morgan fingerprint density at radius 2 is 1.76 bits per heavy atom. The van der Waals surface area contributed by atoms with Gasteiger partial charge in [0.15, 0.2) is 0 Å². The molecule has 4 amide bonds. The molecule has 0 radical (unpaired) electrons. The second-order valence-corrected chi connectivity index (χ2v) is 8.62. The molecule has 158 valence electrons. The molecule has 29 heavy (non-hydrogen) atoms. The standard InChI is InChI=1S/C21H28N4O3.ClH/c1-15-3-5-16(6-4-15)20(2)18(27)25(19(28)23-20)13-17(26)24-11-8-21(9-12-24)7-10-22-14-21;/h3-6,22H,7-14H2,1-2H3,(H,23,28);1H. The van der Waals surface area contributed by atoms with Gasteiger partial charge in [0, 0.05) is 19.6 Å². The summed E-state index contributed by atoms with van der Waals surface area (Å²) in [5, 5.41) is 6.19. The van der Waals surface area contributed by atoms with Gasteiger partial charge in [0.25, 0.3) is 5.91 Å². The predicted molar refractivity (Wildman–Crippen MR) is 112 cm³/mol. The Kier molecular flexibility index (Phi) is 5.92. The van der Waals surface area contributed by atoms with Crippen LogP contribution in [0.5, 0.6) is 0 Å². The van der Waals surface area contributed by atoms with Gasteiger partial charge in [-0.15, -0.1) is 12.4 Å². The van der Waals surface area contributed by atoms with Gasteiger partial charge in [-0.2, -0.15) is 0 Å². The summed E-state index contributed by atoms with van der Waals surface area (Å²) in [6, 6.07) is 7.01. The third-order valence-corrected chi connectivity index (χ3v) is 6.71. The summed E-state index contributed by atoms with van der Waals surface area (Å²) >= 11 is 0. The number of nitrogens with zero attached hydrogens (tertiary/aromatic N) is 2. The maximum atomic E-state index is 13.0. The van der Waals surface area contributed by atoms with E-state index in [1.165, 1.54) is 0 Å². The molecule has 0 aliphatic carbocycles. The summed E-state index contributed by atoms with van der Waals surface area (Å²) in [5.41, 5.74) is 0.991. The van der Waals surface area contributed by atoms with Crippen LogP contribution in [-0.2, 0) is 15.1 Å². The normalized spacial score (nSPS) is 25.9. The fraction of sp³-hybridized carbons (Fsp3) is 0.571. The molecule has 0 bridgehead atoms. The zero-order valence-corrected chi connectivity index (χ0v) is 17.8. The van der Waals surface area contributed by atoms with Gasteiger partial charge >= 0.3 is 6.03 Å². The van der Waals surface area contributed by atoms with Gasteiger partial charge in [-0.05, 0) is 50.6 Å². The zero-order valence-electron chi connectivity index (χ0n) is 17.0. The molecule has 3 aliphatic heterocycles. The summed E-state index contributed by atoms with van der Waals surface area (Å²) in [5.74, 6) is -0.527. The molecule has 0 saturated carbocycles. The number of hydrogen-bond donors (Lipinski definition) is 2. The van der Waals surface area contributed by atoms with Gasteiger partial charge in [-0.25, -0.2) is 4.79 Å². The van der Waals surface area contributed by atoms with Gasteiger partial charge in [-0.3, -0.25) is 14.5 Å². The molecular weight excluding hydrogens is 392 g/mol. The average molecular weight is 421 g/mol. The van der Waals surface area contributed by atoms with E-state index in [4.69, 9.17) is 0 Å². The minimum atomic E-state index is -1.13. The van der Waals surface area contributed by atoms with Crippen molar-refractivity contribution < 1.29 is 14.4 Å². The first-order chi connectivity index (χ1) is 13.3. The van der Waals surface area contributed by atoms with Gasteiger partial charge < -0.3 is 15.5 Å². The number of carbonyl (C=O) groups is 3. The Morgan fingerprint density at radius 1 is 1.10 bits per heavy atom. The van der Waals surface area contributed by atoms with Crippen molar-refractivity contribution in [3.63, 3.8) is 0 Å². The Morgan fingerprint density at radius 3 is 2.34 bits per heavy atom. The number of aryl methyl sites for hydroxylation is 1. The monoisotopic (exact) mass is 420 g/mol. The maximum absolute atomic E-state index is 13.0. The van der Waals surface area contributed by atoms with Gasteiger partial charge in [-0.1, -0.05) is 29.8 Å². The number of piperidine rings is 1. The fourth-order valence-electron chi connectivity index (χ4n) is 4.61. The van der Waals surface area contributed by atoms with Crippen molar-refractivity contribution in [1.29, 1.82) is 0 Å². The summed E-state index contributed by atoms with van der Waals surface area (Å²) < 4.78 is 0. The van der Waals surface area contributed by atoms with Crippen LogP contribution in [0.15, 0.2) is 24.3 Å². The number of likely N-dealkylation sites (tertiary alicyclic amines) is 1. The number of hydrogen-bond acceptors (Lipinski definition) is 4. The van der Waals surface area contributed by atoms with Crippen molar-refractivity contribution >= 4 is 30.3 Å². The molecule has 1 atom stereocenters. The third-order valence-electron chi connectivity index (χ3n) is 6.71. The number of rotatable bonds is 3. The van der Waals surface area contributed by atoms with Crippen LogP contribution >= 0.6 is 12.4 Å². The van der Waals surface area contributed by atoms with Crippen LogP contribution in [-0.4, -0.2) is 60.4 Å². The summed E-state index contributed by atoms with van der Waals surface area (Å²) in [4.78, 5) is 41.1. The lowest BCUT2D eigenvalue weighted by atomic mass is 9.78. The summed E-state index contributed by atoms with van der Waals surface area (Å²) in [6.45, 7) is 6.93. The molecule has 1 aromatic carbocycles. The highest BCUT2D eigenvalue weighted by atomic mass is 35.5. The van der Waals surface area contributed by atoms with Crippen molar-refractivity contribution in [2.24, 2.45) is 5.41 Å². The van der Waals surface area contributed by atoms with Crippen LogP contribution in [0.25, 0.3) is 0 Å². The number of nitrogens with one attached hydrogen (secondary N) is 2. The van der Waals surface area contributed by atoms with E-state index >= 15 is 0 Å². The molecule has 8 heteroatoms. The number of amides is 4.